The highest BCUT2D eigenvalue weighted by Gasteiger charge is 2.08. The average Bonchev–Trinajstić information content (AvgIpc) is 2.34. The van der Waals surface area contributed by atoms with Crippen LogP contribution < -0.4 is 5.73 Å². The lowest BCUT2D eigenvalue weighted by Crippen LogP contribution is -2.05. The van der Waals surface area contributed by atoms with Crippen LogP contribution in [0.2, 0.25) is 0 Å². The Morgan fingerprint density at radius 2 is 2.50 bits per heavy atom. The second kappa shape index (κ2) is 3.03. The SMILES string of the molecule is C=CC(N)c1occc1Br. The maximum absolute atomic E-state index is 5.60. The molecule has 0 radical (unpaired) electrons. The Hall–Kier alpha value is -0.540. The maximum atomic E-state index is 5.60. The van der Waals surface area contributed by atoms with Gasteiger partial charge < -0.3 is 10.2 Å². The zero-order valence-corrected chi connectivity index (χ0v) is 6.97. The minimum Gasteiger partial charge on any atom is -0.466 e. The summed E-state index contributed by atoms with van der Waals surface area (Å²) in [7, 11) is 0. The summed E-state index contributed by atoms with van der Waals surface area (Å²) in [5, 5.41) is 0. The summed E-state index contributed by atoms with van der Waals surface area (Å²) in [4.78, 5) is 0. The summed E-state index contributed by atoms with van der Waals surface area (Å²) < 4.78 is 5.96. The van der Waals surface area contributed by atoms with E-state index in [-0.39, 0.29) is 6.04 Å². The molecule has 0 aliphatic rings. The molecule has 0 aliphatic heterocycles. The van der Waals surface area contributed by atoms with E-state index in [1.165, 1.54) is 0 Å². The Kier molecular flexibility index (Phi) is 2.29. The standard InChI is InChI=1S/C7H8BrNO/c1-2-6(9)7-5(8)3-4-10-7/h2-4,6H,1,9H2. The Balaban J connectivity index is 2.92. The molecule has 2 N–H and O–H groups in total. The van der Waals surface area contributed by atoms with E-state index in [0.717, 1.165) is 10.2 Å². The van der Waals surface area contributed by atoms with Crippen LogP contribution in [0.3, 0.4) is 0 Å². The minimum atomic E-state index is -0.218. The lowest BCUT2D eigenvalue weighted by molar-refractivity contribution is 0.492. The lowest BCUT2D eigenvalue weighted by atomic mass is 10.2. The van der Waals surface area contributed by atoms with E-state index in [0.29, 0.717) is 0 Å². The third-order valence-corrected chi connectivity index (χ3v) is 1.86. The van der Waals surface area contributed by atoms with Gasteiger partial charge in [0.1, 0.15) is 5.76 Å². The molecule has 0 saturated heterocycles. The summed E-state index contributed by atoms with van der Waals surface area (Å²) in [6.07, 6.45) is 3.21. The van der Waals surface area contributed by atoms with Crippen LogP contribution in [0.25, 0.3) is 0 Å². The van der Waals surface area contributed by atoms with Crippen molar-refractivity contribution in [3.63, 3.8) is 0 Å². The van der Waals surface area contributed by atoms with Gasteiger partial charge >= 0.3 is 0 Å². The molecule has 0 fully saturated rings. The number of furan rings is 1. The van der Waals surface area contributed by atoms with Gasteiger partial charge in [-0.15, -0.1) is 6.58 Å². The first kappa shape index (κ1) is 7.57. The molecular weight excluding hydrogens is 194 g/mol. The monoisotopic (exact) mass is 201 g/mol. The molecule has 0 aromatic carbocycles. The quantitative estimate of drug-likeness (QED) is 0.746. The van der Waals surface area contributed by atoms with Crippen LogP contribution in [0.1, 0.15) is 11.8 Å². The van der Waals surface area contributed by atoms with E-state index in [1.807, 2.05) is 0 Å². The third-order valence-electron chi connectivity index (χ3n) is 1.20. The highest BCUT2D eigenvalue weighted by Crippen LogP contribution is 2.23. The first-order valence-corrected chi connectivity index (χ1v) is 3.66. The lowest BCUT2D eigenvalue weighted by Gasteiger charge is -2.00. The van der Waals surface area contributed by atoms with Crippen molar-refractivity contribution in [3.8, 4) is 0 Å². The molecule has 10 heavy (non-hydrogen) atoms. The highest BCUT2D eigenvalue weighted by atomic mass is 79.9. The predicted octanol–water partition coefficient (Wildman–Crippen LogP) is 2.23. The van der Waals surface area contributed by atoms with Gasteiger partial charge in [-0.1, -0.05) is 6.08 Å². The number of hydrogen-bond donors (Lipinski definition) is 1. The molecule has 1 unspecified atom stereocenters. The first-order chi connectivity index (χ1) is 4.75. The van der Waals surface area contributed by atoms with Crippen LogP contribution >= 0.6 is 15.9 Å². The largest absolute Gasteiger partial charge is 0.466 e. The fraction of sp³-hybridized carbons (Fsp3) is 0.143. The van der Waals surface area contributed by atoms with Gasteiger partial charge in [-0.25, -0.2) is 0 Å². The van der Waals surface area contributed by atoms with Crippen LogP contribution in [0, 0.1) is 0 Å². The molecule has 54 valence electrons. The number of hydrogen-bond acceptors (Lipinski definition) is 2. The number of rotatable bonds is 2. The van der Waals surface area contributed by atoms with Crippen LogP contribution in [-0.2, 0) is 0 Å². The Morgan fingerprint density at radius 3 is 2.90 bits per heavy atom. The van der Waals surface area contributed by atoms with Crippen LogP contribution in [-0.4, -0.2) is 0 Å². The number of nitrogens with two attached hydrogens (primary N) is 1. The average molecular weight is 202 g/mol. The van der Waals surface area contributed by atoms with E-state index in [1.54, 1.807) is 18.4 Å². The van der Waals surface area contributed by atoms with Gasteiger partial charge in [0.25, 0.3) is 0 Å². The van der Waals surface area contributed by atoms with Gasteiger partial charge in [-0.05, 0) is 22.0 Å². The van der Waals surface area contributed by atoms with Crippen molar-refractivity contribution >= 4 is 15.9 Å². The highest BCUT2D eigenvalue weighted by molar-refractivity contribution is 9.10. The first-order valence-electron chi connectivity index (χ1n) is 2.86. The zero-order chi connectivity index (χ0) is 7.56. The van der Waals surface area contributed by atoms with Gasteiger partial charge in [-0.2, -0.15) is 0 Å². The second-order valence-corrected chi connectivity index (χ2v) is 2.75. The van der Waals surface area contributed by atoms with Crippen molar-refractivity contribution in [3.05, 3.63) is 35.2 Å². The third kappa shape index (κ3) is 1.30. The van der Waals surface area contributed by atoms with Crippen molar-refractivity contribution in [1.82, 2.24) is 0 Å². The van der Waals surface area contributed by atoms with Crippen molar-refractivity contribution < 1.29 is 4.42 Å². The molecule has 0 aliphatic carbocycles. The molecular formula is C7H8BrNO. The summed E-state index contributed by atoms with van der Waals surface area (Å²) in [5.41, 5.74) is 5.60. The van der Waals surface area contributed by atoms with Crippen LogP contribution in [0.5, 0.6) is 0 Å². The van der Waals surface area contributed by atoms with Gasteiger partial charge in [0.15, 0.2) is 0 Å². The summed E-state index contributed by atoms with van der Waals surface area (Å²) >= 11 is 3.29. The Labute approximate surface area is 67.8 Å². The molecule has 1 aromatic heterocycles. The molecule has 1 heterocycles. The van der Waals surface area contributed by atoms with Crippen molar-refractivity contribution in [2.75, 3.05) is 0 Å². The molecule has 0 bridgehead atoms. The van der Waals surface area contributed by atoms with Gasteiger partial charge in [0.05, 0.1) is 16.8 Å². The van der Waals surface area contributed by atoms with Crippen LogP contribution in [0.4, 0.5) is 0 Å². The van der Waals surface area contributed by atoms with E-state index in [2.05, 4.69) is 22.5 Å². The summed E-state index contributed by atoms with van der Waals surface area (Å²) in [5.74, 6) is 0.718. The number of halogens is 1. The fourth-order valence-electron chi connectivity index (χ4n) is 0.650. The normalized spacial score (nSPS) is 13.0. The fourth-order valence-corrected chi connectivity index (χ4v) is 1.12. The van der Waals surface area contributed by atoms with E-state index < -0.39 is 0 Å². The minimum absolute atomic E-state index is 0.218. The summed E-state index contributed by atoms with van der Waals surface area (Å²) in [6, 6.07) is 1.59. The smallest absolute Gasteiger partial charge is 0.138 e. The topological polar surface area (TPSA) is 39.2 Å². The van der Waals surface area contributed by atoms with Crippen molar-refractivity contribution in [2.24, 2.45) is 5.73 Å². The molecule has 0 amide bonds. The van der Waals surface area contributed by atoms with E-state index >= 15 is 0 Å². The molecule has 0 saturated carbocycles. The molecule has 3 heteroatoms. The van der Waals surface area contributed by atoms with Crippen LogP contribution in [0.15, 0.2) is 33.9 Å². The van der Waals surface area contributed by atoms with Crippen molar-refractivity contribution in [1.29, 1.82) is 0 Å². The van der Waals surface area contributed by atoms with Crippen molar-refractivity contribution in [2.45, 2.75) is 6.04 Å². The van der Waals surface area contributed by atoms with Gasteiger partial charge in [0, 0.05) is 0 Å². The summed E-state index contributed by atoms with van der Waals surface area (Å²) in [6.45, 7) is 3.55. The zero-order valence-electron chi connectivity index (χ0n) is 5.38. The van der Waals surface area contributed by atoms with E-state index in [4.69, 9.17) is 10.2 Å². The molecule has 1 aromatic rings. The molecule has 1 rings (SSSR count). The Bertz CT molecular complexity index is 231. The molecule has 1 atom stereocenters. The maximum Gasteiger partial charge on any atom is 0.138 e. The van der Waals surface area contributed by atoms with E-state index in [9.17, 15) is 0 Å². The Morgan fingerprint density at radius 1 is 1.80 bits per heavy atom. The van der Waals surface area contributed by atoms with Gasteiger partial charge in [-0.3, -0.25) is 0 Å². The van der Waals surface area contributed by atoms with Gasteiger partial charge in [0.2, 0.25) is 0 Å². The predicted molar refractivity (Wildman–Crippen MR) is 43.5 cm³/mol. The molecule has 2 nitrogen and oxygen atoms in total. The second-order valence-electron chi connectivity index (χ2n) is 1.89. The molecule has 0 spiro atoms.